The average molecular weight is 414 g/mol. The molecule has 0 bridgehead atoms. The van der Waals surface area contributed by atoms with Gasteiger partial charge in [0.2, 0.25) is 0 Å². The highest BCUT2D eigenvalue weighted by Crippen LogP contribution is 2.29. The molecule has 29 heavy (non-hydrogen) atoms. The maximum atomic E-state index is 12.3. The lowest BCUT2D eigenvalue weighted by atomic mass is 10.1. The molecule has 0 saturated heterocycles. The summed E-state index contributed by atoms with van der Waals surface area (Å²) in [4.78, 5) is 36.5. The fraction of sp³-hybridized carbons (Fsp3) is 0.300. The van der Waals surface area contributed by atoms with Gasteiger partial charge in [0.25, 0.3) is 5.91 Å². The first-order valence-electron chi connectivity index (χ1n) is 9.14. The molecule has 0 saturated carbocycles. The van der Waals surface area contributed by atoms with Crippen molar-refractivity contribution in [2.45, 2.75) is 27.3 Å². The molecule has 0 radical (unpaired) electrons. The molecule has 3 amide bonds. The van der Waals surface area contributed by atoms with Gasteiger partial charge in [0, 0.05) is 11.9 Å². The summed E-state index contributed by atoms with van der Waals surface area (Å²) >= 11 is 1.26. The summed E-state index contributed by atoms with van der Waals surface area (Å²) in [5, 5.41) is 9.94. The summed E-state index contributed by atoms with van der Waals surface area (Å²) in [7, 11) is 0. The van der Waals surface area contributed by atoms with E-state index >= 15 is 0 Å². The number of amides is 3. The number of rotatable bonds is 6. The van der Waals surface area contributed by atoms with E-state index < -0.39 is 24.5 Å². The van der Waals surface area contributed by atoms with Crippen molar-refractivity contribution in [3.05, 3.63) is 52.0 Å². The number of carbonyl (C=O) groups excluding carboxylic acids is 3. The number of thiophene rings is 1. The summed E-state index contributed by atoms with van der Waals surface area (Å²) < 4.78 is 6.89. The van der Waals surface area contributed by atoms with Gasteiger partial charge in [-0.05, 0) is 32.4 Å². The fourth-order valence-electron chi connectivity index (χ4n) is 2.76. The van der Waals surface area contributed by atoms with E-state index in [1.54, 1.807) is 13.0 Å². The van der Waals surface area contributed by atoms with Crippen molar-refractivity contribution in [1.82, 2.24) is 20.4 Å². The van der Waals surface area contributed by atoms with Gasteiger partial charge in [-0.2, -0.15) is 5.10 Å². The molecular formula is C20H22N4O4S. The normalized spacial score (nSPS) is 10.7. The van der Waals surface area contributed by atoms with Gasteiger partial charge < -0.3 is 10.1 Å². The first-order chi connectivity index (χ1) is 13.9. The van der Waals surface area contributed by atoms with Crippen molar-refractivity contribution in [3.8, 4) is 0 Å². The molecule has 0 unspecified atom stereocenters. The van der Waals surface area contributed by atoms with Gasteiger partial charge in [-0.1, -0.05) is 29.8 Å². The Balaban J connectivity index is 1.69. The zero-order chi connectivity index (χ0) is 21.0. The standard InChI is InChI=1S/C20H22N4O4S/c1-4-21-20(27)22-17(25)11-28-19(26)16-9-15-13(3)23-24(18(15)29-16)10-14-7-5-12(2)6-8-14/h5-9H,4,10-11H2,1-3H3,(H2,21,22,25,27). The number of benzene rings is 1. The van der Waals surface area contributed by atoms with Crippen molar-refractivity contribution in [3.63, 3.8) is 0 Å². The zero-order valence-corrected chi connectivity index (χ0v) is 17.3. The van der Waals surface area contributed by atoms with Crippen LogP contribution in [0.25, 0.3) is 10.2 Å². The van der Waals surface area contributed by atoms with Gasteiger partial charge in [-0.3, -0.25) is 14.8 Å². The minimum Gasteiger partial charge on any atom is -0.451 e. The second kappa shape index (κ2) is 8.87. The lowest BCUT2D eigenvalue weighted by Crippen LogP contribution is -2.41. The van der Waals surface area contributed by atoms with Crippen molar-refractivity contribution in [1.29, 1.82) is 0 Å². The Morgan fingerprint density at radius 1 is 1.17 bits per heavy atom. The topological polar surface area (TPSA) is 102 Å². The molecule has 2 heterocycles. The van der Waals surface area contributed by atoms with Crippen LogP contribution in [0.1, 0.15) is 33.4 Å². The van der Waals surface area contributed by atoms with Crippen LogP contribution < -0.4 is 10.6 Å². The highest BCUT2D eigenvalue weighted by Gasteiger charge is 2.19. The van der Waals surface area contributed by atoms with Gasteiger partial charge in [0.15, 0.2) is 6.61 Å². The molecule has 0 atom stereocenters. The third-order valence-electron chi connectivity index (χ3n) is 4.19. The monoisotopic (exact) mass is 414 g/mol. The van der Waals surface area contributed by atoms with Crippen molar-refractivity contribution in [2.24, 2.45) is 0 Å². The Morgan fingerprint density at radius 2 is 1.90 bits per heavy atom. The number of hydrogen-bond donors (Lipinski definition) is 2. The second-order valence-electron chi connectivity index (χ2n) is 6.54. The molecule has 0 aliphatic rings. The molecule has 0 aliphatic carbocycles. The first-order valence-corrected chi connectivity index (χ1v) is 9.96. The van der Waals surface area contributed by atoms with Gasteiger partial charge in [0.05, 0.1) is 12.2 Å². The quantitative estimate of drug-likeness (QED) is 0.604. The third kappa shape index (κ3) is 5.00. The molecule has 8 nitrogen and oxygen atoms in total. The number of nitrogens with one attached hydrogen (secondary N) is 2. The van der Waals surface area contributed by atoms with E-state index in [9.17, 15) is 14.4 Å². The van der Waals surface area contributed by atoms with Crippen LogP contribution in [0.5, 0.6) is 0 Å². The van der Waals surface area contributed by atoms with E-state index in [1.165, 1.54) is 16.9 Å². The number of urea groups is 1. The van der Waals surface area contributed by atoms with Crippen LogP contribution in [0.4, 0.5) is 4.79 Å². The lowest BCUT2D eigenvalue weighted by Gasteiger charge is -2.05. The first kappa shape index (κ1) is 20.5. The van der Waals surface area contributed by atoms with Gasteiger partial charge in [0.1, 0.15) is 9.71 Å². The van der Waals surface area contributed by atoms with E-state index in [0.29, 0.717) is 18.0 Å². The maximum Gasteiger partial charge on any atom is 0.348 e. The number of carbonyl (C=O) groups is 3. The highest BCUT2D eigenvalue weighted by molar-refractivity contribution is 7.20. The minimum absolute atomic E-state index is 0.379. The molecule has 3 aromatic rings. The van der Waals surface area contributed by atoms with Gasteiger partial charge >= 0.3 is 12.0 Å². The highest BCUT2D eigenvalue weighted by atomic mass is 32.1. The Kier molecular flexibility index (Phi) is 6.28. The number of ether oxygens (including phenoxy) is 1. The van der Waals surface area contributed by atoms with E-state index in [-0.39, 0.29) is 0 Å². The number of hydrogen-bond acceptors (Lipinski definition) is 6. The minimum atomic E-state index is -0.688. The SMILES string of the molecule is CCNC(=O)NC(=O)COC(=O)c1cc2c(C)nn(Cc3ccc(C)cc3)c2s1. The molecule has 1 aromatic carbocycles. The maximum absolute atomic E-state index is 12.3. The average Bonchev–Trinajstić information content (AvgIpc) is 3.23. The molecule has 0 fully saturated rings. The predicted molar refractivity (Wildman–Crippen MR) is 110 cm³/mol. The largest absolute Gasteiger partial charge is 0.451 e. The number of aryl methyl sites for hydroxylation is 2. The molecule has 0 aliphatic heterocycles. The third-order valence-corrected chi connectivity index (χ3v) is 5.31. The van der Waals surface area contributed by atoms with Crippen LogP contribution in [0, 0.1) is 13.8 Å². The smallest absolute Gasteiger partial charge is 0.348 e. The number of nitrogens with zero attached hydrogens (tertiary/aromatic N) is 2. The number of esters is 1. The van der Waals surface area contributed by atoms with Crippen LogP contribution in [0.3, 0.4) is 0 Å². The van der Waals surface area contributed by atoms with E-state index in [1.807, 2.05) is 42.8 Å². The summed E-state index contributed by atoms with van der Waals surface area (Å²) in [6.45, 7) is 6.10. The second-order valence-corrected chi connectivity index (χ2v) is 7.57. The molecule has 152 valence electrons. The van der Waals surface area contributed by atoms with Gasteiger partial charge in [-0.25, -0.2) is 9.59 Å². The van der Waals surface area contributed by atoms with E-state index in [0.717, 1.165) is 21.5 Å². The van der Waals surface area contributed by atoms with E-state index in [4.69, 9.17) is 4.74 Å². The molecule has 2 N–H and O–H groups in total. The molecular weight excluding hydrogens is 392 g/mol. The molecule has 9 heteroatoms. The zero-order valence-electron chi connectivity index (χ0n) is 16.4. The molecule has 3 rings (SSSR count). The van der Waals surface area contributed by atoms with Crippen LogP contribution in [-0.2, 0) is 16.1 Å². The van der Waals surface area contributed by atoms with Crippen LogP contribution in [-0.4, -0.2) is 40.8 Å². The molecule has 0 spiro atoms. The number of aromatic nitrogens is 2. The van der Waals surface area contributed by atoms with Crippen molar-refractivity contribution in [2.75, 3.05) is 13.2 Å². The fourth-order valence-corrected chi connectivity index (χ4v) is 3.81. The molecule has 2 aromatic heterocycles. The van der Waals surface area contributed by atoms with E-state index in [2.05, 4.69) is 15.7 Å². The van der Waals surface area contributed by atoms with Crippen molar-refractivity contribution >= 4 is 39.5 Å². The number of fused-ring (bicyclic) bond motifs is 1. The predicted octanol–water partition coefficient (Wildman–Crippen LogP) is 2.77. The lowest BCUT2D eigenvalue weighted by molar-refractivity contribution is -0.123. The van der Waals surface area contributed by atoms with Crippen molar-refractivity contribution < 1.29 is 19.1 Å². The Hall–Kier alpha value is -3.20. The summed E-state index contributed by atoms with van der Waals surface area (Å²) in [5.41, 5.74) is 3.11. The van der Waals surface area contributed by atoms with Gasteiger partial charge in [-0.15, -0.1) is 11.3 Å². The van der Waals surface area contributed by atoms with Crippen LogP contribution >= 0.6 is 11.3 Å². The Labute approximate surface area is 171 Å². The Bertz CT molecular complexity index is 1050. The summed E-state index contributed by atoms with van der Waals surface area (Å²) in [6.07, 6.45) is 0. The number of imide groups is 1. The Morgan fingerprint density at radius 3 is 2.59 bits per heavy atom. The van der Waals surface area contributed by atoms with Crippen LogP contribution in [0.2, 0.25) is 0 Å². The summed E-state index contributed by atoms with van der Waals surface area (Å²) in [5.74, 6) is -1.30. The summed E-state index contributed by atoms with van der Waals surface area (Å²) in [6, 6.07) is 9.29. The van der Waals surface area contributed by atoms with Crippen LogP contribution in [0.15, 0.2) is 30.3 Å².